The van der Waals surface area contributed by atoms with Gasteiger partial charge >= 0.3 is 13.6 Å². The van der Waals surface area contributed by atoms with Crippen LogP contribution in [-0.4, -0.2) is 75.7 Å². The molecule has 1 saturated heterocycles. The Labute approximate surface area is 218 Å². The monoisotopic (exact) mass is 546 g/mol. The second-order valence-corrected chi connectivity index (χ2v) is 11.9. The van der Waals surface area contributed by atoms with Crippen molar-refractivity contribution in [2.75, 3.05) is 13.1 Å². The molecule has 2 aliphatic rings. The third-order valence-corrected chi connectivity index (χ3v) is 8.86. The number of nitrogens with zero attached hydrogens (tertiary/aromatic N) is 1. The number of nitrogens with one attached hydrogen (secondary N) is 2. The van der Waals surface area contributed by atoms with E-state index in [1.54, 1.807) is 0 Å². The molecule has 13 heteroatoms. The normalized spacial score (nSPS) is 21.8. The van der Waals surface area contributed by atoms with Crippen molar-refractivity contribution >= 4 is 31.3 Å². The van der Waals surface area contributed by atoms with Gasteiger partial charge in [-0.1, -0.05) is 26.2 Å². The first-order valence-electron chi connectivity index (χ1n) is 13.4. The number of carbonyl (C=O) groups excluding carboxylic acids is 3. The summed E-state index contributed by atoms with van der Waals surface area (Å²) < 4.78 is 18.6. The zero-order valence-corrected chi connectivity index (χ0v) is 22.8. The highest BCUT2D eigenvalue weighted by atomic mass is 31.2. The lowest BCUT2D eigenvalue weighted by Crippen LogP contribution is -2.51. The Morgan fingerprint density at radius 2 is 1.78 bits per heavy atom. The number of likely N-dealkylation sites (tertiary alicyclic amines) is 1. The SMILES string of the molecule is CCCC[C@@H](NC(=O)[C@H](CCCCN)NC(=O)C1CCC1)P(=O)(O)OC(C)C(=O)N1CCC[C@H]1C(=O)O. The molecule has 212 valence electrons. The highest BCUT2D eigenvalue weighted by Crippen LogP contribution is 2.49. The van der Waals surface area contributed by atoms with Crippen LogP contribution in [0.5, 0.6) is 0 Å². The van der Waals surface area contributed by atoms with Crippen LogP contribution in [0.25, 0.3) is 0 Å². The summed E-state index contributed by atoms with van der Waals surface area (Å²) >= 11 is 0. The molecule has 0 spiro atoms. The van der Waals surface area contributed by atoms with Crippen molar-refractivity contribution in [1.29, 1.82) is 0 Å². The smallest absolute Gasteiger partial charge is 0.350 e. The summed E-state index contributed by atoms with van der Waals surface area (Å²) in [5.74, 6) is -4.03. The Balaban J connectivity index is 2.11. The van der Waals surface area contributed by atoms with Crippen LogP contribution in [0.2, 0.25) is 0 Å². The van der Waals surface area contributed by atoms with E-state index in [0.29, 0.717) is 51.5 Å². The van der Waals surface area contributed by atoms with Crippen molar-refractivity contribution in [2.24, 2.45) is 11.7 Å². The van der Waals surface area contributed by atoms with E-state index in [4.69, 9.17) is 10.3 Å². The maximum atomic E-state index is 13.3. The minimum atomic E-state index is -4.56. The summed E-state index contributed by atoms with van der Waals surface area (Å²) in [7, 11) is -4.56. The van der Waals surface area contributed by atoms with Crippen molar-refractivity contribution in [2.45, 2.75) is 108 Å². The second-order valence-electron chi connectivity index (χ2n) is 9.98. The van der Waals surface area contributed by atoms with Gasteiger partial charge in [-0.15, -0.1) is 0 Å². The average Bonchev–Trinajstić information content (AvgIpc) is 3.29. The number of amides is 3. The third-order valence-electron chi connectivity index (χ3n) is 7.07. The number of hydrogen-bond acceptors (Lipinski definition) is 7. The Morgan fingerprint density at radius 1 is 1.08 bits per heavy atom. The second kappa shape index (κ2) is 14.8. The molecule has 6 N–H and O–H groups in total. The first kappa shape index (κ1) is 31.2. The fourth-order valence-electron chi connectivity index (χ4n) is 4.57. The fourth-order valence-corrected chi connectivity index (χ4v) is 6.06. The molecule has 3 amide bonds. The van der Waals surface area contributed by atoms with Crippen LogP contribution in [0, 0.1) is 5.92 Å². The standard InChI is InChI=1S/C24H43N4O8P/c1-3-4-13-20(27-22(30)18(11-5-6-14-25)26-21(29)17-9-7-10-17)37(34,35)36-16(2)23(31)28-15-8-12-19(28)24(32)33/h16-20H,3-15,25H2,1-2H3,(H,26,29)(H,27,30)(H,32,33)(H,34,35)/t16?,18-,19-,20-/m0/s1. The zero-order valence-electron chi connectivity index (χ0n) is 21.9. The van der Waals surface area contributed by atoms with Gasteiger partial charge in [-0.05, 0) is 64.8 Å². The van der Waals surface area contributed by atoms with Crippen LogP contribution in [0.4, 0.5) is 0 Å². The summed E-state index contributed by atoms with van der Waals surface area (Å²) in [4.78, 5) is 62.0. The minimum Gasteiger partial charge on any atom is -0.480 e. The topological polar surface area (TPSA) is 188 Å². The van der Waals surface area contributed by atoms with Crippen molar-refractivity contribution in [1.82, 2.24) is 15.5 Å². The van der Waals surface area contributed by atoms with Crippen LogP contribution in [0.1, 0.15) is 84.5 Å². The summed E-state index contributed by atoms with van der Waals surface area (Å²) in [6.07, 6.45) is 4.87. The molecule has 37 heavy (non-hydrogen) atoms. The quantitative estimate of drug-likeness (QED) is 0.142. The lowest BCUT2D eigenvalue weighted by molar-refractivity contribution is -0.151. The molecule has 2 fully saturated rings. The van der Waals surface area contributed by atoms with E-state index >= 15 is 0 Å². The molecule has 5 atom stereocenters. The molecule has 0 bridgehead atoms. The number of nitrogens with two attached hydrogens (primary N) is 1. The molecule has 0 aromatic carbocycles. The zero-order chi connectivity index (χ0) is 27.6. The Hall–Kier alpha value is -2.01. The molecule has 1 saturated carbocycles. The number of unbranched alkanes of at least 4 members (excludes halogenated alkanes) is 2. The van der Waals surface area contributed by atoms with Crippen LogP contribution in [0.3, 0.4) is 0 Å². The average molecular weight is 547 g/mol. The molecule has 1 heterocycles. The maximum Gasteiger partial charge on any atom is 0.350 e. The Kier molecular flexibility index (Phi) is 12.5. The van der Waals surface area contributed by atoms with Gasteiger partial charge in [-0.3, -0.25) is 23.5 Å². The summed E-state index contributed by atoms with van der Waals surface area (Å²) in [6.45, 7) is 3.85. The van der Waals surface area contributed by atoms with Crippen molar-refractivity contribution in [3.05, 3.63) is 0 Å². The molecule has 2 unspecified atom stereocenters. The van der Waals surface area contributed by atoms with E-state index in [1.165, 1.54) is 6.92 Å². The summed E-state index contributed by atoms with van der Waals surface area (Å²) in [5.41, 5.74) is 5.57. The number of carbonyl (C=O) groups is 4. The largest absolute Gasteiger partial charge is 0.480 e. The fraction of sp³-hybridized carbons (Fsp3) is 0.833. The lowest BCUT2D eigenvalue weighted by Gasteiger charge is -2.31. The van der Waals surface area contributed by atoms with Crippen molar-refractivity contribution in [3.8, 4) is 0 Å². The predicted molar refractivity (Wildman–Crippen MR) is 136 cm³/mol. The van der Waals surface area contributed by atoms with E-state index in [0.717, 1.165) is 24.2 Å². The van der Waals surface area contributed by atoms with E-state index < -0.39 is 49.4 Å². The van der Waals surface area contributed by atoms with Crippen LogP contribution < -0.4 is 16.4 Å². The Bertz CT molecular complexity index is 853. The van der Waals surface area contributed by atoms with Crippen molar-refractivity contribution in [3.63, 3.8) is 0 Å². The van der Waals surface area contributed by atoms with Gasteiger partial charge in [0.25, 0.3) is 5.91 Å². The van der Waals surface area contributed by atoms with Crippen LogP contribution in [0.15, 0.2) is 0 Å². The first-order chi connectivity index (χ1) is 17.5. The van der Waals surface area contributed by atoms with Crippen LogP contribution in [-0.2, 0) is 28.3 Å². The lowest BCUT2D eigenvalue weighted by atomic mass is 9.84. The highest BCUT2D eigenvalue weighted by Gasteiger charge is 2.42. The van der Waals surface area contributed by atoms with E-state index in [9.17, 15) is 33.7 Å². The number of carboxylic acids is 1. The number of carboxylic acid groups (broad SMARTS) is 1. The highest BCUT2D eigenvalue weighted by molar-refractivity contribution is 7.53. The number of hydrogen-bond donors (Lipinski definition) is 5. The van der Waals surface area contributed by atoms with Gasteiger partial charge in [0.1, 0.15) is 24.0 Å². The molecule has 2 rings (SSSR count). The number of aliphatic carboxylic acids is 1. The minimum absolute atomic E-state index is 0.125. The first-order valence-corrected chi connectivity index (χ1v) is 15.0. The molecule has 0 aromatic heterocycles. The van der Waals surface area contributed by atoms with E-state index in [-0.39, 0.29) is 24.8 Å². The Morgan fingerprint density at radius 3 is 2.35 bits per heavy atom. The van der Waals surface area contributed by atoms with Gasteiger partial charge in [0.05, 0.1) is 0 Å². The van der Waals surface area contributed by atoms with Gasteiger partial charge in [0.2, 0.25) is 11.8 Å². The summed E-state index contributed by atoms with van der Waals surface area (Å²) in [5, 5.41) is 14.7. The maximum absolute atomic E-state index is 13.3. The van der Waals surface area contributed by atoms with Gasteiger partial charge in [-0.2, -0.15) is 0 Å². The molecule has 12 nitrogen and oxygen atoms in total. The summed E-state index contributed by atoms with van der Waals surface area (Å²) in [6, 6.07) is -1.88. The van der Waals surface area contributed by atoms with Crippen molar-refractivity contribution < 1.29 is 38.3 Å². The molecule has 0 radical (unpaired) electrons. The van der Waals surface area contributed by atoms with Gasteiger partial charge in [0.15, 0.2) is 0 Å². The molecular weight excluding hydrogens is 503 g/mol. The van der Waals surface area contributed by atoms with E-state index in [1.807, 2.05) is 6.92 Å². The molecular formula is C24H43N4O8P. The predicted octanol–water partition coefficient (Wildman–Crippen LogP) is 1.70. The van der Waals surface area contributed by atoms with E-state index in [2.05, 4.69) is 10.6 Å². The molecule has 1 aliphatic heterocycles. The third kappa shape index (κ3) is 9.05. The van der Waals surface area contributed by atoms with Gasteiger partial charge in [0, 0.05) is 12.5 Å². The van der Waals surface area contributed by atoms with Crippen LogP contribution >= 0.6 is 7.60 Å². The molecule has 0 aromatic rings. The van der Waals surface area contributed by atoms with Gasteiger partial charge < -0.3 is 31.3 Å². The number of rotatable bonds is 16. The molecule has 1 aliphatic carbocycles. The van der Waals surface area contributed by atoms with Gasteiger partial charge in [-0.25, -0.2) is 4.79 Å².